The van der Waals surface area contributed by atoms with Crippen LogP contribution in [-0.4, -0.2) is 19.2 Å². The molecule has 0 radical (unpaired) electrons. The summed E-state index contributed by atoms with van der Waals surface area (Å²) in [4.78, 5) is 11.3. The van der Waals surface area contributed by atoms with E-state index in [1.165, 1.54) is 12.7 Å². The van der Waals surface area contributed by atoms with Crippen molar-refractivity contribution in [2.45, 2.75) is 44.3 Å². The van der Waals surface area contributed by atoms with E-state index in [-0.39, 0.29) is 18.2 Å². The van der Waals surface area contributed by atoms with Crippen LogP contribution in [0, 0.1) is 0 Å². The fourth-order valence-electron chi connectivity index (χ4n) is 2.40. The maximum Gasteiger partial charge on any atom is 0.308 e. The van der Waals surface area contributed by atoms with Crippen LogP contribution in [0.5, 0.6) is 0 Å². The Bertz CT molecular complexity index is 375. The lowest BCUT2D eigenvalue weighted by Crippen LogP contribution is -2.19. The quantitative estimate of drug-likeness (QED) is 0.770. The maximum atomic E-state index is 11.3. The Kier molecular flexibility index (Phi) is 4.76. The number of ether oxygens (including phenoxy) is 2. The van der Waals surface area contributed by atoms with E-state index in [4.69, 9.17) is 9.47 Å². The van der Waals surface area contributed by atoms with Gasteiger partial charge in [0.1, 0.15) is 0 Å². The van der Waals surface area contributed by atoms with Crippen molar-refractivity contribution in [3.63, 3.8) is 0 Å². The van der Waals surface area contributed by atoms with Gasteiger partial charge in [0.15, 0.2) is 0 Å². The second-order valence-electron chi connectivity index (χ2n) is 4.72. The molecule has 0 bridgehead atoms. The monoisotopic (exact) mass is 248 g/mol. The summed E-state index contributed by atoms with van der Waals surface area (Å²) in [5, 5.41) is 0. The van der Waals surface area contributed by atoms with Gasteiger partial charge in [0.2, 0.25) is 0 Å². The van der Waals surface area contributed by atoms with Gasteiger partial charge in [-0.05, 0) is 18.4 Å². The van der Waals surface area contributed by atoms with Crippen LogP contribution in [-0.2, 0) is 14.3 Å². The van der Waals surface area contributed by atoms with Gasteiger partial charge in [-0.2, -0.15) is 0 Å². The fourth-order valence-corrected chi connectivity index (χ4v) is 2.40. The molecular formula is C15H20O3. The van der Waals surface area contributed by atoms with Crippen LogP contribution in [0.25, 0.3) is 0 Å². The molecule has 0 N–H and O–H groups in total. The molecule has 3 nitrogen and oxygen atoms in total. The predicted molar refractivity (Wildman–Crippen MR) is 69.2 cm³/mol. The van der Waals surface area contributed by atoms with E-state index in [0.717, 1.165) is 25.7 Å². The van der Waals surface area contributed by atoms with Gasteiger partial charge in [-0.15, -0.1) is 0 Å². The molecule has 0 aliphatic carbocycles. The van der Waals surface area contributed by atoms with E-state index in [0.29, 0.717) is 6.42 Å². The molecular weight excluding hydrogens is 228 g/mol. The third-order valence-electron chi connectivity index (χ3n) is 3.39. The normalized spacial score (nSPS) is 24.3. The molecule has 3 heteroatoms. The van der Waals surface area contributed by atoms with Crippen molar-refractivity contribution < 1.29 is 14.3 Å². The zero-order valence-corrected chi connectivity index (χ0v) is 10.8. The molecule has 0 aromatic heterocycles. The molecule has 0 amide bonds. The highest BCUT2D eigenvalue weighted by molar-refractivity contribution is 5.69. The van der Waals surface area contributed by atoms with Crippen LogP contribution in [0.1, 0.15) is 43.8 Å². The topological polar surface area (TPSA) is 35.5 Å². The van der Waals surface area contributed by atoms with Crippen molar-refractivity contribution in [2.75, 3.05) is 7.11 Å². The first-order valence-electron chi connectivity index (χ1n) is 6.57. The summed E-state index contributed by atoms with van der Waals surface area (Å²) in [6, 6.07) is 10.2. The molecule has 2 atom stereocenters. The van der Waals surface area contributed by atoms with Crippen LogP contribution in [0.2, 0.25) is 0 Å². The molecule has 1 saturated heterocycles. The van der Waals surface area contributed by atoms with Gasteiger partial charge < -0.3 is 9.47 Å². The Morgan fingerprint density at radius 1 is 1.28 bits per heavy atom. The number of esters is 1. The predicted octanol–water partition coefficient (Wildman–Crippen LogP) is 3.25. The third kappa shape index (κ3) is 3.57. The summed E-state index contributed by atoms with van der Waals surface area (Å²) < 4.78 is 10.8. The van der Waals surface area contributed by atoms with Crippen molar-refractivity contribution in [3.8, 4) is 0 Å². The average Bonchev–Trinajstić information content (AvgIpc) is 2.65. The lowest BCUT2D eigenvalue weighted by molar-refractivity contribution is -0.145. The number of hydrogen-bond acceptors (Lipinski definition) is 3. The van der Waals surface area contributed by atoms with E-state index in [2.05, 4.69) is 12.1 Å². The first-order valence-corrected chi connectivity index (χ1v) is 6.57. The molecule has 1 heterocycles. The lowest BCUT2D eigenvalue weighted by atomic mass is 10.0. The van der Waals surface area contributed by atoms with E-state index in [9.17, 15) is 4.79 Å². The zero-order chi connectivity index (χ0) is 12.8. The molecule has 0 unspecified atom stereocenters. The number of benzene rings is 1. The van der Waals surface area contributed by atoms with Crippen LogP contribution < -0.4 is 0 Å². The smallest absolute Gasteiger partial charge is 0.308 e. The van der Waals surface area contributed by atoms with Gasteiger partial charge in [-0.3, -0.25) is 4.79 Å². The molecule has 1 aromatic carbocycles. The molecule has 0 spiro atoms. The van der Waals surface area contributed by atoms with E-state index < -0.39 is 0 Å². The van der Waals surface area contributed by atoms with Crippen LogP contribution >= 0.6 is 0 Å². The largest absolute Gasteiger partial charge is 0.469 e. The number of methoxy groups -OCH3 is 1. The van der Waals surface area contributed by atoms with Gasteiger partial charge in [0, 0.05) is 0 Å². The summed E-state index contributed by atoms with van der Waals surface area (Å²) in [5.41, 5.74) is 1.20. The molecule has 1 aliphatic heterocycles. The van der Waals surface area contributed by atoms with Crippen molar-refractivity contribution in [1.29, 1.82) is 0 Å². The third-order valence-corrected chi connectivity index (χ3v) is 3.39. The molecule has 98 valence electrons. The highest BCUT2D eigenvalue weighted by Gasteiger charge is 2.23. The number of carbonyl (C=O) groups excluding carboxylic acids is 1. The van der Waals surface area contributed by atoms with Crippen LogP contribution in [0.4, 0.5) is 0 Å². The van der Waals surface area contributed by atoms with Gasteiger partial charge in [0.25, 0.3) is 0 Å². The standard InChI is InChI=1S/C15H20O3/c1-17-15(16)11-13-9-5-6-10-14(18-13)12-7-3-2-4-8-12/h2-4,7-8,13-14H,5-6,9-11H2,1H3/t13-,14-/m1/s1. The minimum Gasteiger partial charge on any atom is -0.469 e. The summed E-state index contributed by atoms with van der Waals surface area (Å²) in [6.45, 7) is 0. The van der Waals surface area contributed by atoms with Crippen molar-refractivity contribution in [2.24, 2.45) is 0 Å². The van der Waals surface area contributed by atoms with Crippen molar-refractivity contribution in [1.82, 2.24) is 0 Å². The second-order valence-corrected chi connectivity index (χ2v) is 4.72. The minimum absolute atomic E-state index is 0.00911. The maximum absolute atomic E-state index is 11.3. The summed E-state index contributed by atoms with van der Waals surface area (Å²) in [7, 11) is 1.42. The SMILES string of the molecule is COC(=O)C[C@H]1CCCC[C@H](c2ccccc2)O1. The van der Waals surface area contributed by atoms with Gasteiger partial charge in [0.05, 0.1) is 25.7 Å². The van der Waals surface area contributed by atoms with E-state index >= 15 is 0 Å². The average molecular weight is 248 g/mol. The highest BCUT2D eigenvalue weighted by Crippen LogP contribution is 2.31. The van der Waals surface area contributed by atoms with E-state index in [1.54, 1.807) is 0 Å². The van der Waals surface area contributed by atoms with Gasteiger partial charge in [-0.1, -0.05) is 43.2 Å². The molecule has 1 aromatic rings. The Morgan fingerprint density at radius 3 is 2.72 bits per heavy atom. The van der Waals surface area contributed by atoms with Gasteiger partial charge >= 0.3 is 5.97 Å². The highest BCUT2D eigenvalue weighted by atomic mass is 16.5. The first kappa shape index (κ1) is 13.1. The Labute approximate surface area is 108 Å². The molecule has 0 saturated carbocycles. The second kappa shape index (κ2) is 6.55. The van der Waals surface area contributed by atoms with Crippen molar-refractivity contribution >= 4 is 5.97 Å². The summed E-state index contributed by atoms with van der Waals surface area (Å²) in [5.74, 6) is -0.186. The van der Waals surface area contributed by atoms with Crippen LogP contribution in [0.3, 0.4) is 0 Å². The molecule has 1 aliphatic rings. The van der Waals surface area contributed by atoms with Crippen LogP contribution in [0.15, 0.2) is 30.3 Å². The summed E-state index contributed by atoms with van der Waals surface area (Å²) >= 11 is 0. The summed E-state index contributed by atoms with van der Waals surface area (Å²) in [6.07, 6.45) is 4.70. The zero-order valence-electron chi connectivity index (χ0n) is 10.8. The number of carbonyl (C=O) groups is 1. The Balaban J connectivity index is 2.01. The Morgan fingerprint density at radius 2 is 2.00 bits per heavy atom. The number of hydrogen-bond donors (Lipinski definition) is 0. The first-order chi connectivity index (χ1) is 8.79. The molecule has 18 heavy (non-hydrogen) atoms. The van der Waals surface area contributed by atoms with Gasteiger partial charge in [-0.25, -0.2) is 0 Å². The molecule has 1 fully saturated rings. The lowest BCUT2D eigenvalue weighted by Gasteiger charge is -2.21. The van der Waals surface area contributed by atoms with Crippen molar-refractivity contribution in [3.05, 3.63) is 35.9 Å². The Hall–Kier alpha value is -1.35. The fraction of sp³-hybridized carbons (Fsp3) is 0.533. The molecule has 2 rings (SSSR count). The minimum atomic E-state index is -0.186. The van der Waals surface area contributed by atoms with E-state index in [1.807, 2.05) is 18.2 Å². The number of rotatable bonds is 3.